The number of nitrogens with zero attached hydrogens (tertiary/aromatic N) is 3. The Hall–Kier alpha value is -1.89. The van der Waals surface area contributed by atoms with Gasteiger partial charge in [-0.2, -0.15) is 4.31 Å². The van der Waals surface area contributed by atoms with Crippen LogP contribution in [-0.4, -0.2) is 57.7 Å². The summed E-state index contributed by atoms with van der Waals surface area (Å²) in [6, 6.07) is 0.131. The lowest BCUT2D eigenvalue weighted by atomic mass is 10.1. The maximum atomic E-state index is 12.0. The van der Waals surface area contributed by atoms with Gasteiger partial charge in [-0.15, -0.1) is 0 Å². The Kier molecular flexibility index (Phi) is 6.08. The minimum Gasteiger partial charge on any atom is -0.390 e. The van der Waals surface area contributed by atoms with Crippen LogP contribution < -0.4 is 11.2 Å². The summed E-state index contributed by atoms with van der Waals surface area (Å²) in [6.45, 7) is -0.620. The van der Waals surface area contributed by atoms with Crippen molar-refractivity contribution in [2.24, 2.45) is 5.92 Å². The van der Waals surface area contributed by atoms with E-state index in [4.69, 9.17) is 4.52 Å². The highest BCUT2D eigenvalue weighted by molar-refractivity contribution is 7.63. The third-order valence-corrected chi connectivity index (χ3v) is 7.40. The summed E-state index contributed by atoms with van der Waals surface area (Å²) in [7, 11) is -9.79. The van der Waals surface area contributed by atoms with Crippen molar-refractivity contribution in [2.75, 3.05) is 6.61 Å². The fourth-order valence-electron chi connectivity index (χ4n) is 3.02. The van der Waals surface area contributed by atoms with E-state index in [9.17, 15) is 38.7 Å². The van der Waals surface area contributed by atoms with Gasteiger partial charge in [-0.3, -0.25) is 18.9 Å². The van der Waals surface area contributed by atoms with E-state index in [-0.39, 0.29) is 6.42 Å². The molecule has 0 radical (unpaired) electrons. The van der Waals surface area contributed by atoms with Crippen molar-refractivity contribution in [2.45, 2.75) is 24.7 Å². The van der Waals surface area contributed by atoms with Gasteiger partial charge in [0.15, 0.2) is 0 Å². The molecule has 16 heteroatoms. The molecule has 0 saturated heterocycles. The van der Waals surface area contributed by atoms with Crippen LogP contribution in [0.1, 0.15) is 12.5 Å². The van der Waals surface area contributed by atoms with Gasteiger partial charge in [-0.25, -0.2) is 23.2 Å². The zero-order chi connectivity index (χ0) is 21.4. The van der Waals surface area contributed by atoms with Gasteiger partial charge < -0.3 is 20.0 Å². The number of aliphatic hydroxyl groups is 2. The standard InChI is InChI=1S/C13H18N4O10P2/c18-10-1-3-17(13(21)15-10)9-5-8(11(19)12(9)20)6-26-29(24,25)27-28(22,23)16-4-2-14-7-16/h1-4,7-9,11-12,19-20H,5-6H2,(H,22,23)(H,24,25)(H,15,18,21)/t8?,9-,11+,12+/m0/s1. The van der Waals surface area contributed by atoms with Crippen LogP contribution in [0.5, 0.6) is 0 Å². The van der Waals surface area contributed by atoms with Gasteiger partial charge in [0.05, 0.1) is 18.8 Å². The molecule has 0 spiro atoms. The summed E-state index contributed by atoms with van der Waals surface area (Å²) in [5.41, 5.74) is -1.43. The Balaban J connectivity index is 1.67. The molecule has 5 N–H and O–H groups in total. The van der Waals surface area contributed by atoms with Gasteiger partial charge in [-0.1, -0.05) is 0 Å². The first-order valence-corrected chi connectivity index (χ1v) is 11.2. The smallest absolute Gasteiger partial charge is 0.390 e. The lowest BCUT2D eigenvalue weighted by Gasteiger charge is -2.20. The quantitative estimate of drug-likeness (QED) is 0.315. The maximum Gasteiger partial charge on any atom is 0.480 e. The van der Waals surface area contributed by atoms with Crippen LogP contribution in [0.3, 0.4) is 0 Å². The first-order valence-electron chi connectivity index (χ1n) is 8.18. The average molecular weight is 452 g/mol. The van der Waals surface area contributed by atoms with Gasteiger partial charge in [0.2, 0.25) is 0 Å². The number of phosphoric ester groups is 1. The molecule has 2 aromatic rings. The lowest BCUT2D eigenvalue weighted by molar-refractivity contribution is -0.00445. The minimum atomic E-state index is -5.03. The summed E-state index contributed by atoms with van der Waals surface area (Å²) < 4.78 is 34.6. The molecule has 1 aliphatic carbocycles. The predicted molar refractivity (Wildman–Crippen MR) is 94.8 cm³/mol. The first-order chi connectivity index (χ1) is 13.5. The Morgan fingerprint density at radius 2 is 1.93 bits per heavy atom. The number of hydrogen-bond donors (Lipinski definition) is 5. The fraction of sp³-hybridized carbons (Fsp3) is 0.462. The monoisotopic (exact) mass is 452 g/mol. The molecular weight excluding hydrogens is 434 g/mol. The van der Waals surface area contributed by atoms with Crippen molar-refractivity contribution in [3.63, 3.8) is 0 Å². The molecule has 160 valence electrons. The van der Waals surface area contributed by atoms with Crippen LogP contribution in [0.15, 0.2) is 40.6 Å². The van der Waals surface area contributed by atoms with Crippen molar-refractivity contribution in [3.8, 4) is 0 Å². The van der Waals surface area contributed by atoms with E-state index >= 15 is 0 Å². The molecule has 0 bridgehead atoms. The highest BCUT2D eigenvalue weighted by Crippen LogP contribution is 2.60. The van der Waals surface area contributed by atoms with E-state index < -0.39 is 57.6 Å². The molecule has 1 fully saturated rings. The number of rotatable bonds is 7. The number of hydrogen-bond acceptors (Lipinski definition) is 9. The zero-order valence-corrected chi connectivity index (χ0v) is 16.4. The van der Waals surface area contributed by atoms with E-state index in [2.05, 4.69) is 9.29 Å². The molecule has 3 rings (SSSR count). The molecule has 0 aromatic carbocycles. The lowest BCUT2D eigenvalue weighted by Crippen LogP contribution is -2.37. The summed E-state index contributed by atoms with van der Waals surface area (Å²) in [5.74, 6) is -0.913. The van der Waals surface area contributed by atoms with Crippen LogP contribution in [0.2, 0.25) is 0 Å². The second-order valence-electron chi connectivity index (χ2n) is 6.34. The van der Waals surface area contributed by atoms with Crippen molar-refractivity contribution in [3.05, 3.63) is 51.8 Å². The Bertz CT molecular complexity index is 1070. The largest absolute Gasteiger partial charge is 0.480 e. The summed E-state index contributed by atoms with van der Waals surface area (Å²) >= 11 is 0. The number of H-pyrrole nitrogens is 1. The fourth-order valence-corrected chi connectivity index (χ4v) is 5.42. The summed E-state index contributed by atoms with van der Waals surface area (Å²) in [5, 5.41) is 20.4. The van der Waals surface area contributed by atoms with Crippen LogP contribution in [0, 0.1) is 5.92 Å². The van der Waals surface area contributed by atoms with Gasteiger partial charge in [0.25, 0.3) is 5.56 Å². The van der Waals surface area contributed by atoms with Crippen molar-refractivity contribution in [1.29, 1.82) is 0 Å². The summed E-state index contributed by atoms with van der Waals surface area (Å²) in [6.07, 6.45) is 1.35. The van der Waals surface area contributed by atoms with E-state index in [1.54, 1.807) is 0 Å². The highest BCUT2D eigenvalue weighted by atomic mass is 31.3. The number of aromatic amines is 1. The van der Waals surface area contributed by atoms with Gasteiger partial charge in [0.1, 0.15) is 12.4 Å². The molecule has 29 heavy (non-hydrogen) atoms. The SMILES string of the molecule is O=c1ccn([C@H]2CC(COP(=O)(O)OP(=O)(O)n3ccnc3)[C@@H](O)[C@@H]2O)c(=O)[nH]1. The van der Waals surface area contributed by atoms with E-state index in [0.29, 0.717) is 4.34 Å². The zero-order valence-electron chi connectivity index (χ0n) is 14.6. The maximum absolute atomic E-state index is 12.0. The van der Waals surface area contributed by atoms with Gasteiger partial charge in [-0.05, 0) is 6.42 Å². The molecule has 14 nitrogen and oxygen atoms in total. The van der Waals surface area contributed by atoms with Crippen molar-refractivity contribution in [1.82, 2.24) is 18.9 Å². The Labute approximate surface area is 162 Å². The number of nitrogens with one attached hydrogen (secondary N) is 1. The molecule has 6 atom stereocenters. The van der Waals surface area contributed by atoms with Crippen molar-refractivity contribution < 1.29 is 38.0 Å². The molecule has 2 aromatic heterocycles. The second-order valence-corrected chi connectivity index (χ2v) is 9.63. The average Bonchev–Trinajstić information content (AvgIpc) is 3.24. The molecule has 3 unspecified atom stereocenters. The van der Waals surface area contributed by atoms with Crippen molar-refractivity contribution >= 4 is 15.6 Å². The molecule has 1 saturated carbocycles. The third-order valence-electron chi connectivity index (χ3n) is 4.42. The van der Waals surface area contributed by atoms with E-state index in [1.165, 1.54) is 0 Å². The minimum absolute atomic E-state index is 0.0490. The Morgan fingerprint density at radius 3 is 2.55 bits per heavy atom. The third kappa shape index (κ3) is 4.82. The van der Waals surface area contributed by atoms with Crippen LogP contribution in [-0.2, 0) is 18.0 Å². The normalized spacial score (nSPS) is 28.7. The number of aromatic nitrogens is 4. The number of aliphatic hydroxyl groups excluding tert-OH is 2. The van der Waals surface area contributed by atoms with E-state index in [0.717, 1.165) is 35.6 Å². The topological polar surface area (TPSA) is 206 Å². The van der Waals surface area contributed by atoms with Gasteiger partial charge >= 0.3 is 21.3 Å². The molecular formula is C13H18N4O10P2. The van der Waals surface area contributed by atoms with Crippen LogP contribution in [0.25, 0.3) is 0 Å². The van der Waals surface area contributed by atoms with Gasteiger partial charge in [0, 0.05) is 30.6 Å². The second kappa shape index (κ2) is 8.09. The molecule has 0 aliphatic heterocycles. The summed E-state index contributed by atoms with van der Waals surface area (Å²) in [4.78, 5) is 48.0. The Morgan fingerprint density at radius 1 is 1.21 bits per heavy atom. The molecule has 2 heterocycles. The van der Waals surface area contributed by atoms with Crippen LogP contribution >= 0.6 is 15.6 Å². The number of imidazole rings is 1. The predicted octanol–water partition coefficient (Wildman–Crippen LogP) is -1.20. The first kappa shape index (κ1) is 21.8. The van der Waals surface area contributed by atoms with E-state index in [1.807, 2.05) is 4.98 Å². The molecule has 0 amide bonds. The highest BCUT2D eigenvalue weighted by Gasteiger charge is 2.44. The molecule has 1 aliphatic rings. The number of phosphoric acid groups is 1. The van der Waals surface area contributed by atoms with Crippen LogP contribution in [0.4, 0.5) is 0 Å².